The highest BCUT2D eigenvalue weighted by atomic mass is 16.3. The van der Waals surface area contributed by atoms with E-state index in [-0.39, 0.29) is 6.10 Å². The predicted molar refractivity (Wildman–Crippen MR) is 63.8 cm³/mol. The minimum Gasteiger partial charge on any atom is -0.391 e. The van der Waals surface area contributed by atoms with Gasteiger partial charge in [0, 0.05) is 25.7 Å². The van der Waals surface area contributed by atoms with Crippen LogP contribution in [0, 0.1) is 6.92 Å². The second kappa shape index (κ2) is 4.65. The molecule has 0 aliphatic carbocycles. The number of anilines is 2. The van der Waals surface area contributed by atoms with Crippen LogP contribution in [0.25, 0.3) is 0 Å². The maximum Gasteiger partial charge on any atom is 0.137 e. The lowest BCUT2D eigenvalue weighted by molar-refractivity contribution is 0.154. The average Bonchev–Trinajstić information content (AvgIpc) is 2.29. The number of aromatic nitrogens is 2. The van der Waals surface area contributed by atoms with Crippen LogP contribution in [0.5, 0.6) is 0 Å². The standard InChI is InChI=1S/C11H18N4O/c1-8-10(12-2)13-7-14-11(8)15-5-3-4-9(16)6-15/h7,9,16H,3-6H2,1-2H3,(H,12,13,14). The predicted octanol–water partition coefficient (Wildman–Crippen LogP) is 0.788. The third-order valence-corrected chi connectivity index (χ3v) is 2.99. The third-order valence-electron chi connectivity index (χ3n) is 2.99. The van der Waals surface area contributed by atoms with Gasteiger partial charge in [-0.15, -0.1) is 0 Å². The molecule has 0 spiro atoms. The van der Waals surface area contributed by atoms with Crippen LogP contribution in [-0.4, -0.2) is 41.3 Å². The molecule has 1 fully saturated rings. The molecule has 1 aliphatic rings. The molecule has 16 heavy (non-hydrogen) atoms. The van der Waals surface area contributed by atoms with Crippen molar-refractivity contribution in [1.29, 1.82) is 0 Å². The molecule has 2 rings (SSSR count). The van der Waals surface area contributed by atoms with Gasteiger partial charge in [-0.1, -0.05) is 0 Å². The van der Waals surface area contributed by atoms with Crippen LogP contribution in [0.15, 0.2) is 6.33 Å². The van der Waals surface area contributed by atoms with Gasteiger partial charge < -0.3 is 15.3 Å². The number of aliphatic hydroxyl groups excluding tert-OH is 1. The number of hydrogen-bond acceptors (Lipinski definition) is 5. The Labute approximate surface area is 95.5 Å². The largest absolute Gasteiger partial charge is 0.391 e. The molecule has 1 unspecified atom stereocenters. The van der Waals surface area contributed by atoms with Crippen molar-refractivity contribution in [3.05, 3.63) is 11.9 Å². The molecule has 88 valence electrons. The van der Waals surface area contributed by atoms with Gasteiger partial charge >= 0.3 is 0 Å². The van der Waals surface area contributed by atoms with Crippen LogP contribution >= 0.6 is 0 Å². The van der Waals surface area contributed by atoms with E-state index in [1.807, 2.05) is 14.0 Å². The first-order chi connectivity index (χ1) is 7.72. The van der Waals surface area contributed by atoms with Crippen molar-refractivity contribution in [2.24, 2.45) is 0 Å². The van der Waals surface area contributed by atoms with Crippen molar-refractivity contribution in [2.75, 3.05) is 30.4 Å². The quantitative estimate of drug-likeness (QED) is 0.774. The highest BCUT2D eigenvalue weighted by Gasteiger charge is 2.21. The van der Waals surface area contributed by atoms with E-state index in [9.17, 15) is 5.11 Å². The van der Waals surface area contributed by atoms with E-state index in [1.165, 1.54) is 0 Å². The van der Waals surface area contributed by atoms with Crippen molar-refractivity contribution >= 4 is 11.6 Å². The van der Waals surface area contributed by atoms with Gasteiger partial charge in [0.2, 0.25) is 0 Å². The smallest absolute Gasteiger partial charge is 0.137 e. The lowest BCUT2D eigenvalue weighted by Gasteiger charge is -2.32. The minimum absolute atomic E-state index is 0.235. The van der Waals surface area contributed by atoms with E-state index >= 15 is 0 Å². The van der Waals surface area contributed by atoms with Crippen LogP contribution < -0.4 is 10.2 Å². The lowest BCUT2D eigenvalue weighted by Crippen LogP contribution is -2.39. The molecule has 1 aromatic rings. The monoisotopic (exact) mass is 222 g/mol. The summed E-state index contributed by atoms with van der Waals surface area (Å²) in [5.41, 5.74) is 1.04. The van der Waals surface area contributed by atoms with Crippen molar-refractivity contribution in [1.82, 2.24) is 9.97 Å². The summed E-state index contributed by atoms with van der Waals surface area (Å²) in [5.74, 6) is 1.78. The van der Waals surface area contributed by atoms with Crippen molar-refractivity contribution in [2.45, 2.75) is 25.9 Å². The number of nitrogens with zero attached hydrogens (tertiary/aromatic N) is 3. The van der Waals surface area contributed by atoms with Crippen LogP contribution in [-0.2, 0) is 0 Å². The summed E-state index contributed by atoms with van der Waals surface area (Å²) in [6, 6.07) is 0. The molecule has 1 aliphatic heterocycles. The zero-order chi connectivity index (χ0) is 11.5. The summed E-state index contributed by atoms with van der Waals surface area (Å²) in [4.78, 5) is 10.6. The highest BCUT2D eigenvalue weighted by molar-refractivity contribution is 5.57. The number of nitrogens with one attached hydrogen (secondary N) is 1. The van der Waals surface area contributed by atoms with Gasteiger partial charge in [0.25, 0.3) is 0 Å². The number of piperidine rings is 1. The van der Waals surface area contributed by atoms with Gasteiger partial charge in [-0.2, -0.15) is 0 Å². The first kappa shape index (κ1) is 11.1. The second-order valence-corrected chi connectivity index (χ2v) is 4.16. The molecule has 1 atom stereocenters. The molecule has 5 heteroatoms. The normalized spacial score (nSPS) is 20.9. The first-order valence-electron chi connectivity index (χ1n) is 5.64. The van der Waals surface area contributed by atoms with E-state index in [0.29, 0.717) is 6.54 Å². The van der Waals surface area contributed by atoms with E-state index in [2.05, 4.69) is 20.2 Å². The molecule has 0 aromatic carbocycles. The van der Waals surface area contributed by atoms with E-state index in [0.717, 1.165) is 36.6 Å². The maximum absolute atomic E-state index is 9.66. The Morgan fingerprint density at radius 1 is 1.50 bits per heavy atom. The fraction of sp³-hybridized carbons (Fsp3) is 0.636. The Morgan fingerprint density at radius 2 is 2.31 bits per heavy atom. The van der Waals surface area contributed by atoms with E-state index in [4.69, 9.17) is 0 Å². The van der Waals surface area contributed by atoms with Crippen molar-refractivity contribution in [3.63, 3.8) is 0 Å². The first-order valence-corrected chi connectivity index (χ1v) is 5.64. The number of hydrogen-bond donors (Lipinski definition) is 2. The van der Waals surface area contributed by atoms with E-state index in [1.54, 1.807) is 6.33 Å². The summed E-state index contributed by atoms with van der Waals surface area (Å²) >= 11 is 0. The fourth-order valence-corrected chi connectivity index (χ4v) is 2.16. The van der Waals surface area contributed by atoms with Gasteiger partial charge in [0.05, 0.1) is 6.10 Å². The summed E-state index contributed by atoms with van der Waals surface area (Å²) in [7, 11) is 1.85. The number of rotatable bonds is 2. The lowest BCUT2D eigenvalue weighted by atomic mass is 10.1. The van der Waals surface area contributed by atoms with Crippen LogP contribution in [0.2, 0.25) is 0 Å². The molecule has 0 radical (unpaired) electrons. The van der Waals surface area contributed by atoms with Gasteiger partial charge in [0.15, 0.2) is 0 Å². The average molecular weight is 222 g/mol. The zero-order valence-corrected chi connectivity index (χ0v) is 9.77. The summed E-state index contributed by atoms with van der Waals surface area (Å²) in [5, 5.41) is 12.7. The van der Waals surface area contributed by atoms with Crippen LogP contribution in [0.1, 0.15) is 18.4 Å². The van der Waals surface area contributed by atoms with Gasteiger partial charge in [0.1, 0.15) is 18.0 Å². The fourth-order valence-electron chi connectivity index (χ4n) is 2.16. The Hall–Kier alpha value is -1.36. The molecule has 1 aromatic heterocycles. The van der Waals surface area contributed by atoms with Gasteiger partial charge in [-0.25, -0.2) is 9.97 Å². The van der Waals surface area contributed by atoms with E-state index < -0.39 is 0 Å². The number of β-amino-alcohol motifs (C(OH)–C–C–N with tert-alkyl or cyclic N) is 1. The van der Waals surface area contributed by atoms with Crippen LogP contribution in [0.3, 0.4) is 0 Å². The molecule has 0 amide bonds. The minimum atomic E-state index is -0.235. The topological polar surface area (TPSA) is 61.3 Å². The Balaban J connectivity index is 2.25. The van der Waals surface area contributed by atoms with Crippen molar-refractivity contribution in [3.8, 4) is 0 Å². The zero-order valence-electron chi connectivity index (χ0n) is 9.77. The molecule has 1 saturated heterocycles. The highest BCUT2D eigenvalue weighted by Crippen LogP contribution is 2.24. The van der Waals surface area contributed by atoms with Crippen molar-refractivity contribution < 1.29 is 5.11 Å². The summed E-state index contributed by atoms with van der Waals surface area (Å²) in [6.07, 6.45) is 3.23. The van der Waals surface area contributed by atoms with Gasteiger partial charge in [-0.3, -0.25) is 0 Å². The SMILES string of the molecule is CNc1ncnc(N2CCCC(O)C2)c1C. The molecular formula is C11H18N4O. The maximum atomic E-state index is 9.66. The molecule has 2 heterocycles. The van der Waals surface area contributed by atoms with Crippen LogP contribution in [0.4, 0.5) is 11.6 Å². The Kier molecular flexibility index (Phi) is 3.24. The molecular weight excluding hydrogens is 204 g/mol. The molecule has 0 saturated carbocycles. The number of aliphatic hydroxyl groups is 1. The summed E-state index contributed by atoms with van der Waals surface area (Å²) in [6.45, 7) is 3.63. The third kappa shape index (κ3) is 2.09. The molecule has 5 nitrogen and oxygen atoms in total. The molecule has 0 bridgehead atoms. The Morgan fingerprint density at radius 3 is 3.00 bits per heavy atom. The Bertz CT molecular complexity index is 369. The summed E-state index contributed by atoms with van der Waals surface area (Å²) < 4.78 is 0. The molecule has 2 N–H and O–H groups in total. The van der Waals surface area contributed by atoms with Gasteiger partial charge in [-0.05, 0) is 19.8 Å². The second-order valence-electron chi connectivity index (χ2n) is 4.16.